The summed E-state index contributed by atoms with van der Waals surface area (Å²) in [6, 6.07) is 13.5. The SMILES string of the molecule is CC(=O)OCC(NC(=O)CNC(=O)C(CCCN=C(N)N)NC(=O)CCC(=O)OC[N+]1(c2cc(=O)c3cccc(-c4ccccc4)c3o2)CCOCC1)C(=O)O. The zero-order chi connectivity index (χ0) is 40.7. The van der Waals surface area contributed by atoms with E-state index in [4.69, 9.17) is 25.4 Å². The Kier molecular flexibility index (Phi) is 15.4. The molecule has 19 heteroatoms. The summed E-state index contributed by atoms with van der Waals surface area (Å²) < 4.78 is 22.3. The first-order valence-electron chi connectivity index (χ1n) is 17.8. The van der Waals surface area contributed by atoms with Gasteiger partial charge in [0.15, 0.2) is 23.0 Å². The van der Waals surface area contributed by atoms with Crippen LogP contribution in [0.4, 0.5) is 5.88 Å². The summed E-state index contributed by atoms with van der Waals surface area (Å²) in [6.45, 7) is 1.01. The van der Waals surface area contributed by atoms with Crippen LogP contribution in [0.3, 0.4) is 0 Å². The number of hydrogen-bond acceptors (Lipinski definition) is 12. The molecule has 0 bridgehead atoms. The van der Waals surface area contributed by atoms with E-state index in [1.807, 2.05) is 36.4 Å². The number of rotatable bonds is 19. The van der Waals surface area contributed by atoms with Crippen LogP contribution >= 0.6 is 0 Å². The van der Waals surface area contributed by atoms with Gasteiger partial charge >= 0.3 is 23.8 Å². The standard InChI is InChI=1S/C37H45N7O12/c1-23(45)54-21-28(36(51)52)43-31(48)20-41-35(50)27(11-6-14-40-37(38)39)42-30(47)12-13-33(49)55-22-44(15-17-53-18-16-44)32-19-29(46)26-10-5-9-25(34(26)56-32)24-7-3-2-4-8-24/h2-5,7-10,19,27-28H,6,11-18,20-22H2,1H3,(H7-,38,39,40,41,42,43,47,48,50,51,52)/p+1. The zero-order valence-electron chi connectivity index (χ0n) is 30.8. The number of carboxylic acid groups (broad SMARTS) is 1. The lowest BCUT2D eigenvalue weighted by Gasteiger charge is -2.37. The number of quaternary nitrogens is 1. The largest absolute Gasteiger partial charge is 0.480 e. The molecule has 300 valence electrons. The highest BCUT2D eigenvalue weighted by Crippen LogP contribution is 2.33. The van der Waals surface area contributed by atoms with Gasteiger partial charge < -0.3 is 51.2 Å². The highest BCUT2D eigenvalue weighted by molar-refractivity contribution is 5.93. The summed E-state index contributed by atoms with van der Waals surface area (Å²) in [7, 11) is 0. The van der Waals surface area contributed by atoms with Crippen molar-refractivity contribution >= 4 is 58.4 Å². The second-order valence-electron chi connectivity index (χ2n) is 12.9. The van der Waals surface area contributed by atoms with E-state index < -0.39 is 60.9 Å². The molecule has 2 aromatic carbocycles. The molecule has 0 aliphatic carbocycles. The Labute approximate surface area is 320 Å². The number of hydrogen-bond donors (Lipinski definition) is 6. The molecule has 1 aromatic heterocycles. The van der Waals surface area contributed by atoms with Gasteiger partial charge in [0.25, 0.3) is 0 Å². The maximum absolute atomic E-state index is 13.4. The number of fused-ring (bicyclic) bond motifs is 1. The van der Waals surface area contributed by atoms with Gasteiger partial charge in [-0.25, -0.2) is 9.28 Å². The molecule has 2 atom stereocenters. The Bertz CT molecular complexity index is 1970. The van der Waals surface area contributed by atoms with Crippen LogP contribution in [0.5, 0.6) is 0 Å². The minimum atomic E-state index is -1.56. The normalized spacial score (nSPS) is 14.4. The number of morpholine rings is 1. The number of benzene rings is 2. The maximum atomic E-state index is 13.4. The minimum Gasteiger partial charge on any atom is -0.480 e. The summed E-state index contributed by atoms with van der Waals surface area (Å²) in [6.07, 6.45) is -0.432. The summed E-state index contributed by atoms with van der Waals surface area (Å²) >= 11 is 0. The topological polar surface area (TPSA) is 281 Å². The van der Waals surface area contributed by atoms with Crippen molar-refractivity contribution in [3.05, 3.63) is 64.8 Å². The number of carboxylic acids is 1. The van der Waals surface area contributed by atoms with Gasteiger partial charge in [0, 0.05) is 25.5 Å². The van der Waals surface area contributed by atoms with E-state index in [-0.39, 0.29) is 54.8 Å². The summed E-state index contributed by atoms with van der Waals surface area (Å²) in [5.41, 5.74) is 12.5. The monoisotopic (exact) mass is 780 g/mol. The minimum absolute atomic E-state index is 0.0190. The lowest BCUT2D eigenvalue weighted by molar-refractivity contribution is -0.151. The van der Waals surface area contributed by atoms with Gasteiger partial charge in [0.05, 0.1) is 37.6 Å². The van der Waals surface area contributed by atoms with E-state index >= 15 is 0 Å². The second-order valence-corrected chi connectivity index (χ2v) is 12.9. The molecule has 19 nitrogen and oxygen atoms in total. The van der Waals surface area contributed by atoms with Gasteiger partial charge in [0.2, 0.25) is 24.5 Å². The Morgan fingerprint density at radius 1 is 0.929 bits per heavy atom. The lowest BCUT2D eigenvalue weighted by Crippen LogP contribution is -2.58. The number of ether oxygens (including phenoxy) is 3. The first-order valence-corrected chi connectivity index (χ1v) is 17.8. The fourth-order valence-corrected chi connectivity index (χ4v) is 5.78. The highest BCUT2D eigenvalue weighted by Gasteiger charge is 2.38. The molecule has 0 radical (unpaired) electrons. The van der Waals surface area contributed by atoms with Gasteiger partial charge in [-0.3, -0.25) is 33.8 Å². The predicted molar refractivity (Wildman–Crippen MR) is 202 cm³/mol. The van der Waals surface area contributed by atoms with Crippen LogP contribution in [0.1, 0.15) is 32.6 Å². The molecular formula is C37H46N7O12+. The number of amides is 3. The van der Waals surface area contributed by atoms with Crippen molar-refractivity contribution in [3.63, 3.8) is 0 Å². The molecule has 0 saturated carbocycles. The van der Waals surface area contributed by atoms with Crippen molar-refractivity contribution in [3.8, 4) is 11.1 Å². The Balaban J connectivity index is 1.38. The van der Waals surface area contributed by atoms with Crippen molar-refractivity contribution in [1.29, 1.82) is 0 Å². The summed E-state index contributed by atoms with van der Waals surface area (Å²) in [4.78, 5) is 91.0. The fraction of sp³-hybridized carbons (Fsp3) is 0.405. The van der Waals surface area contributed by atoms with Crippen molar-refractivity contribution in [2.45, 2.75) is 44.7 Å². The second kappa shape index (κ2) is 20.4. The molecule has 2 unspecified atom stereocenters. The number of carbonyl (C=O) groups is 6. The third-order valence-electron chi connectivity index (χ3n) is 8.76. The van der Waals surface area contributed by atoms with Crippen LogP contribution in [0, 0.1) is 0 Å². The number of nitrogens with zero attached hydrogens (tertiary/aromatic N) is 2. The van der Waals surface area contributed by atoms with Crippen molar-refractivity contribution in [1.82, 2.24) is 20.4 Å². The lowest BCUT2D eigenvalue weighted by atomic mass is 10.0. The van der Waals surface area contributed by atoms with Crippen molar-refractivity contribution in [2.24, 2.45) is 16.5 Å². The number of aliphatic imine (C=N–C) groups is 1. The van der Waals surface area contributed by atoms with Crippen LogP contribution < -0.4 is 37.3 Å². The van der Waals surface area contributed by atoms with E-state index in [1.54, 1.807) is 12.1 Å². The molecule has 56 heavy (non-hydrogen) atoms. The predicted octanol–water partition coefficient (Wildman–Crippen LogP) is -0.134. The van der Waals surface area contributed by atoms with Gasteiger partial charge in [-0.2, -0.15) is 0 Å². The number of carbonyl (C=O) groups excluding carboxylic acids is 5. The number of nitrogens with two attached hydrogens (primary N) is 2. The molecule has 1 aliphatic rings. The molecular weight excluding hydrogens is 734 g/mol. The Hall–Kier alpha value is -6.34. The molecule has 4 rings (SSSR count). The number of guanidine groups is 1. The quantitative estimate of drug-likeness (QED) is 0.0304. The highest BCUT2D eigenvalue weighted by atomic mass is 16.6. The molecule has 3 amide bonds. The summed E-state index contributed by atoms with van der Waals surface area (Å²) in [5.74, 6) is -5.16. The van der Waals surface area contributed by atoms with Gasteiger partial charge in [-0.05, 0) is 24.5 Å². The number of aliphatic carboxylic acids is 1. The van der Waals surface area contributed by atoms with Crippen LogP contribution in [-0.2, 0) is 43.0 Å². The van der Waals surface area contributed by atoms with Crippen molar-refractivity contribution in [2.75, 3.05) is 52.7 Å². The number of para-hydroxylation sites is 1. The number of nitrogens with one attached hydrogen (secondary N) is 3. The van der Waals surface area contributed by atoms with Gasteiger partial charge in [-0.15, -0.1) is 0 Å². The third kappa shape index (κ3) is 12.4. The third-order valence-corrected chi connectivity index (χ3v) is 8.76. The Morgan fingerprint density at radius 2 is 1.64 bits per heavy atom. The summed E-state index contributed by atoms with van der Waals surface area (Å²) in [5, 5.41) is 16.7. The van der Waals surface area contributed by atoms with Gasteiger partial charge in [0.1, 0.15) is 25.7 Å². The molecule has 1 fully saturated rings. The van der Waals surface area contributed by atoms with E-state index in [1.165, 1.54) is 6.07 Å². The van der Waals surface area contributed by atoms with Crippen LogP contribution in [-0.4, -0.2) is 112 Å². The van der Waals surface area contributed by atoms with Gasteiger partial charge in [-0.1, -0.05) is 42.5 Å². The smallest absolute Gasteiger partial charge is 0.329 e. The van der Waals surface area contributed by atoms with E-state index in [9.17, 15) is 38.7 Å². The molecule has 1 saturated heterocycles. The van der Waals surface area contributed by atoms with E-state index in [0.717, 1.165) is 18.1 Å². The molecule has 3 aromatic rings. The first kappa shape index (κ1) is 42.4. The molecule has 1 aliphatic heterocycles. The molecule has 8 N–H and O–H groups in total. The Morgan fingerprint density at radius 3 is 2.32 bits per heavy atom. The van der Waals surface area contributed by atoms with Crippen LogP contribution in [0.15, 0.2) is 68.8 Å². The average Bonchev–Trinajstić information content (AvgIpc) is 3.18. The van der Waals surface area contributed by atoms with Crippen LogP contribution in [0.25, 0.3) is 22.1 Å². The van der Waals surface area contributed by atoms with E-state index in [0.29, 0.717) is 43.2 Å². The maximum Gasteiger partial charge on any atom is 0.329 e. The van der Waals surface area contributed by atoms with E-state index in [2.05, 4.69) is 25.7 Å². The molecule has 2 heterocycles. The average molecular weight is 781 g/mol. The van der Waals surface area contributed by atoms with Crippen LogP contribution in [0.2, 0.25) is 0 Å². The molecule has 0 spiro atoms. The first-order chi connectivity index (χ1) is 26.8. The van der Waals surface area contributed by atoms with Crippen molar-refractivity contribution < 1.29 is 52.5 Å². The fourth-order valence-electron chi connectivity index (χ4n) is 5.78. The number of esters is 2. The zero-order valence-corrected chi connectivity index (χ0v) is 30.8.